The molecule has 18 heavy (non-hydrogen) atoms. The van der Waals surface area contributed by atoms with E-state index in [2.05, 4.69) is 0 Å². The van der Waals surface area contributed by atoms with E-state index < -0.39 is 24.6 Å². The van der Waals surface area contributed by atoms with Crippen LogP contribution in [0.15, 0.2) is 30.3 Å². The highest BCUT2D eigenvalue weighted by Gasteiger charge is 2.41. The number of ether oxygens (including phenoxy) is 2. The van der Waals surface area contributed by atoms with Crippen LogP contribution < -0.4 is 0 Å². The van der Waals surface area contributed by atoms with E-state index in [1.165, 1.54) is 0 Å². The Morgan fingerprint density at radius 3 is 2.39 bits per heavy atom. The third kappa shape index (κ3) is 3.28. The van der Waals surface area contributed by atoms with Crippen LogP contribution in [0.5, 0.6) is 0 Å². The van der Waals surface area contributed by atoms with Crippen LogP contribution in [0.2, 0.25) is 0 Å². The lowest BCUT2D eigenvalue weighted by Gasteiger charge is -2.14. The Labute approximate surface area is 106 Å². The van der Waals surface area contributed by atoms with Crippen LogP contribution in [-0.2, 0) is 16.1 Å². The van der Waals surface area contributed by atoms with Crippen LogP contribution in [0, 0.1) is 0 Å². The lowest BCUT2D eigenvalue weighted by Crippen LogP contribution is -2.32. The number of hydrogen-bond donors (Lipinski definition) is 3. The third-order valence-electron chi connectivity index (χ3n) is 3.00. The summed E-state index contributed by atoms with van der Waals surface area (Å²) in [7, 11) is 0. The molecule has 0 bridgehead atoms. The van der Waals surface area contributed by atoms with Crippen molar-refractivity contribution in [2.45, 2.75) is 37.6 Å². The first-order chi connectivity index (χ1) is 8.68. The van der Waals surface area contributed by atoms with Crippen LogP contribution in [0.1, 0.15) is 12.0 Å². The molecule has 5 heteroatoms. The predicted molar refractivity (Wildman–Crippen MR) is 63.6 cm³/mol. The molecule has 1 aromatic rings. The van der Waals surface area contributed by atoms with E-state index in [1.54, 1.807) is 0 Å². The van der Waals surface area contributed by atoms with E-state index in [0.717, 1.165) is 5.56 Å². The summed E-state index contributed by atoms with van der Waals surface area (Å²) in [6.45, 7) is 0.894. The monoisotopic (exact) mass is 254 g/mol. The van der Waals surface area contributed by atoms with Crippen LogP contribution >= 0.6 is 0 Å². The Hall–Kier alpha value is -0.980. The van der Waals surface area contributed by atoms with Gasteiger partial charge in [-0.3, -0.25) is 0 Å². The largest absolute Gasteiger partial charge is 0.387 e. The first-order valence-electron chi connectivity index (χ1n) is 6.00. The normalized spacial score (nSPS) is 31.7. The van der Waals surface area contributed by atoms with E-state index in [1.807, 2.05) is 30.3 Å². The second kappa shape index (κ2) is 6.26. The molecule has 4 atom stereocenters. The lowest BCUT2D eigenvalue weighted by molar-refractivity contribution is -0.130. The van der Waals surface area contributed by atoms with Gasteiger partial charge in [0.05, 0.1) is 12.7 Å². The topological polar surface area (TPSA) is 79.2 Å². The van der Waals surface area contributed by atoms with Crippen molar-refractivity contribution < 1.29 is 24.8 Å². The van der Waals surface area contributed by atoms with Gasteiger partial charge in [-0.05, 0) is 12.0 Å². The zero-order chi connectivity index (χ0) is 13.0. The van der Waals surface area contributed by atoms with Crippen molar-refractivity contribution in [1.82, 2.24) is 0 Å². The summed E-state index contributed by atoms with van der Waals surface area (Å²) in [5, 5.41) is 28.1. The van der Waals surface area contributed by atoms with E-state index in [-0.39, 0.29) is 0 Å². The lowest BCUT2D eigenvalue weighted by atomic mass is 10.1. The minimum atomic E-state index is -1.31. The number of aliphatic hydroxyl groups is 3. The van der Waals surface area contributed by atoms with Gasteiger partial charge < -0.3 is 24.8 Å². The second-order valence-electron chi connectivity index (χ2n) is 4.37. The highest BCUT2D eigenvalue weighted by Crippen LogP contribution is 2.21. The van der Waals surface area contributed by atoms with Gasteiger partial charge in [-0.25, -0.2) is 0 Å². The van der Waals surface area contributed by atoms with Crippen molar-refractivity contribution >= 4 is 0 Å². The van der Waals surface area contributed by atoms with Crippen molar-refractivity contribution in [3.63, 3.8) is 0 Å². The molecule has 0 saturated carbocycles. The fraction of sp³-hybridized carbons (Fsp3) is 0.538. The zero-order valence-corrected chi connectivity index (χ0v) is 9.98. The van der Waals surface area contributed by atoms with Crippen LogP contribution in [-0.4, -0.2) is 46.5 Å². The number of aliphatic hydroxyl groups excluding tert-OH is 3. The molecular formula is C13H18O5. The van der Waals surface area contributed by atoms with Gasteiger partial charge in [-0.2, -0.15) is 0 Å². The molecule has 1 unspecified atom stereocenters. The smallest absolute Gasteiger partial charge is 0.183 e. The van der Waals surface area contributed by atoms with Crippen molar-refractivity contribution in [2.24, 2.45) is 0 Å². The minimum absolute atomic E-state index is 0.399. The minimum Gasteiger partial charge on any atom is -0.387 e. The Kier molecular flexibility index (Phi) is 4.68. The molecule has 0 amide bonds. The molecule has 1 aliphatic rings. The molecule has 1 fully saturated rings. The van der Waals surface area contributed by atoms with Gasteiger partial charge >= 0.3 is 0 Å². The Balaban J connectivity index is 1.67. The quantitative estimate of drug-likeness (QED) is 0.646. The Morgan fingerprint density at radius 1 is 1.06 bits per heavy atom. The van der Waals surface area contributed by atoms with Gasteiger partial charge in [0.2, 0.25) is 0 Å². The molecule has 1 aliphatic heterocycles. The first-order valence-corrected chi connectivity index (χ1v) is 6.00. The second-order valence-corrected chi connectivity index (χ2v) is 4.37. The molecule has 0 spiro atoms. The molecule has 100 valence electrons. The summed E-state index contributed by atoms with van der Waals surface area (Å²) in [6.07, 6.45) is -3.74. The summed E-state index contributed by atoms with van der Waals surface area (Å²) >= 11 is 0. The molecule has 1 heterocycles. The zero-order valence-electron chi connectivity index (χ0n) is 9.98. The van der Waals surface area contributed by atoms with Gasteiger partial charge in [0.15, 0.2) is 6.29 Å². The van der Waals surface area contributed by atoms with Crippen molar-refractivity contribution in [1.29, 1.82) is 0 Å². The molecule has 0 radical (unpaired) electrons. The standard InChI is InChI=1S/C13H18O5/c14-11-10(18-13(16)12(11)15)6-7-17-8-9-4-2-1-3-5-9/h1-5,10-16H,6-8H2/t10-,11+,12-,13?/m1/s1. The van der Waals surface area contributed by atoms with E-state index in [9.17, 15) is 15.3 Å². The average molecular weight is 254 g/mol. The van der Waals surface area contributed by atoms with Crippen molar-refractivity contribution in [2.75, 3.05) is 6.61 Å². The molecule has 3 N–H and O–H groups in total. The predicted octanol–water partition coefficient (Wildman–Crippen LogP) is 0.0323. The van der Waals surface area contributed by atoms with Gasteiger partial charge in [0.25, 0.3) is 0 Å². The summed E-state index contributed by atoms with van der Waals surface area (Å²) in [5.74, 6) is 0. The summed E-state index contributed by atoms with van der Waals surface area (Å²) in [5.41, 5.74) is 1.07. The number of hydrogen-bond acceptors (Lipinski definition) is 5. The van der Waals surface area contributed by atoms with Gasteiger partial charge in [0.1, 0.15) is 12.2 Å². The van der Waals surface area contributed by atoms with Gasteiger partial charge in [-0.15, -0.1) is 0 Å². The Bertz CT molecular complexity index is 356. The van der Waals surface area contributed by atoms with Gasteiger partial charge in [-0.1, -0.05) is 30.3 Å². The van der Waals surface area contributed by atoms with Crippen LogP contribution in [0.4, 0.5) is 0 Å². The highest BCUT2D eigenvalue weighted by atomic mass is 16.6. The summed E-state index contributed by atoms with van der Waals surface area (Å²) in [4.78, 5) is 0. The number of rotatable bonds is 5. The summed E-state index contributed by atoms with van der Waals surface area (Å²) in [6, 6.07) is 9.75. The molecule has 1 aromatic carbocycles. The summed E-state index contributed by atoms with van der Waals surface area (Å²) < 4.78 is 10.5. The molecule has 1 saturated heterocycles. The van der Waals surface area contributed by atoms with Crippen molar-refractivity contribution in [3.05, 3.63) is 35.9 Å². The molecule has 0 aliphatic carbocycles. The SMILES string of the molecule is OC1O[C@H](CCOCc2ccccc2)[C@H](O)[C@H]1O. The fourth-order valence-corrected chi connectivity index (χ4v) is 1.93. The molecule has 5 nitrogen and oxygen atoms in total. The van der Waals surface area contributed by atoms with Crippen molar-refractivity contribution in [3.8, 4) is 0 Å². The van der Waals surface area contributed by atoms with E-state index in [4.69, 9.17) is 9.47 Å². The first kappa shape index (κ1) is 13.5. The fourth-order valence-electron chi connectivity index (χ4n) is 1.93. The Morgan fingerprint density at radius 2 is 1.78 bits per heavy atom. The molecule has 0 aromatic heterocycles. The van der Waals surface area contributed by atoms with Gasteiger partial charge in [0, 0.05) is 6.61 Å². The third-order valence-corrected chi connectivity index (χ3v) is 3.00. The maximum Gasteiger partial charge on any atom is 0.183 e. The molecule has 2 rings (SSSR count). The van der Waals surface area contributed by atoms with Crippen LogP contribution in [0.3, 0.4) is 0 Å². The maximum atomic E-state index is 9.55. The molecular weight excluding hydrogens is 236 g/mol. The number of benzene rings is 1. The maximum absolute atomic E-state index is 9.55. The average Bonchev–Trinajstić information content (AvgIpc) is 2.64. The van der Waals surface area contributed by atoms with E-state index in [0.29, 0.717) is 19.6 Å². The van der Waals surface area contributed by atoms with Crippen LogP contribution in [0.25, 0.3) is 0 Å². The highest BCUT2D eigenvalue weighted by molar-refractivity contribution is 5.13. The van der Waals surface area contributed by atoms with E-state index >= 15 is 0 Å².